The number of esters is 1. The Hall–Kier alpha value is -2.35. The van der Waals surface area contributed by atoms with Crippen molar-refractivity contribution in [3.05, 3.63) is 35.9 Å². The summed E-state index contributed by atoms with van der Waals surface area (Å²) in [7, 11) is 0. The molecule has 2 saturated heterocycles. The minimum atomic E-state index is -0.681. The highest BCUT2D eigenvalue weighted by Gasteiger charge is 2.53. The molecule has 0 radical (unpaired) electrons. The summed E-state index contributed by atoms with van der Waals surface area (Å²) in [5, 5.41) is 2.62. The third-order valence-electron chi connectivity index (χ3n) is 5.17. The zero-order valence-electron chi connectivity index (χ0n) is 16.0. The normalized spacial score (nSPS) is 24.6. The SMILES string of the molecule is CC(=O)[C@H](Cc1ccccc1)NC(=O)COC(=O)[C@H]1CS[C@@]2(C)CCC(=O)N12. The van der Waals surface area contributed by atoms with Crippen LogP contribution in [0.25, 0.3) is 0 Å². The van der Waals surface area contributed by atoms with Gasteiger partial charge < -0.3 is 15.0 Å². The first-order valence-corrected chi connectivity index (χ1v) is 10.3. The highest BCUT2D eigenvalue weighted by molar-refractivity contribution is 8.01. The fourth-order valence-corrected chi connectivity index (χ4v) is 5.03. The van der Waals surface area contributed by atoms with Crippen LogP contribution in [0.3, 0.4) is 0 Å². The van der Waals surface area contributed by atoms with Gasteiger partial charge in [-0.2, -0.15) is 0 Å². The molecule has 0 saturated carbocycles. The van der Waals surface area contributed by atoms with Gasteiger partial charge in [0.1, 0.15) is 6.04 Å². The van der Waals surface area contributed by atoms with E-state index in [-0.39, 0.29) is 16.6 Å². The molecule has 1 aromatic carbocycles. The number of benzene rings is 1. The zero-order valence-corrected chi connectivity index (χ0v) is 16.8. The van der Waals surface area contributed by atoms with Gasteiger partial charge in [0.2, 0.25) is 5.91 Å². The van der Waals surface area contributed by atoms with Crippen molar-refractivity contribution in [3.8, 4) is 0 Å². The predicted octanol–water partition coefficient (Wildman–Crippen LogP) is 1.30. The molecule has 3 atom stereocenters. The number of ketones is 1. The molecule has 2 aliphatic rings. The minimum absolute atomic E-state index is 0.0570. The summed E-state index contributed by atoms with van der Waals surface area (Å²) in [6.07, 6.45) is 1.50. The second-order valence-corrected chi connectivity index (χ2v) is 8.80. The van der Waals surface area contributed by atoms with Gasteiger partial charge in [-0.1, -0.05) is 30.3 Å². The molecule has 3 rings (SSSR count). The lowest BCUT2D eigenvalue weighted by Crippen LogP contribution is -2.48. The Kier molecular flexibility index (Phi) is 6.07. The number of rotatable bonds is 7. The molecule has 7 nitrogen and oxygen atoms in total. The van der Waals surface area contributed by atoms with E-state index in [1.54, 1.807) is 16.7 Å². The van der Waals surface area contributed by atoms with Crippen LogP contribution in [-0.4, -0.2) is 57.8 Å². The zero-order chi connectivity index (χ0) is 20.3. The second kappa shape index (κ2) is 8.34. The van der Waals surface area contributed by atoms with E-state index in [9.17, 15) is 19.2 Å². The maximum absolute atomic E-state index is 12.4. The summed E-state index contributed by atoms with van der Waals surface area (Å²) < 4.78 is 5.15. The van der Waals surface area contributed by atoms with Gasteiger partial charge in [-0.25, -0.2) is 4.79 Å². The van der Waals surface area contributed by atoms with E-state index in [4.69, 9.17) is 4.74 Å². The summed E-state index contributed by atoms with van der Waals surface area (Å²) in [5.74, 6) is -0.880. The maximum atomic E-state index is 12.4. The number of carbonyl (C=O) groups is 4. The molecule has 2 fully saturated rings. The number of hydrogen-bond donors (Lipinski definition) is 1. The van der Waals surface area contributed by atoms with Gasteiger partial charge in [-0.05, 0) is 32.3 Å². The Morgan fingerprint density at radius 2 is 2.04 bits per heavy atom. The number of ether oxygens (including phenoxy) is 1. The molecule has 28 heavy (non-hydrogen) atoms. The molecule has 2 amide bonds. The van der Waals surface area contributed by atoms with Gasteiger partial charge in [0.25, 0.3) is 5.91 Å². The molecule has 2 aliphatic heterocycles. The summed E-state index contributed by atoms with van der Waals surface area (Å²) in [6, 6.07) is 8.02. The molecule has 0 spiro atoms. The molecule has 1 aromatic rings. The maximum Gasteiger partial charge on any atom is 0.330 e. The topological polar surface area (TPSA) is 92.8 Å². The molecule has 8 heteroatoms. The van der Waals surface area contributed by atoms with Gasteiger partial charge in [-0.3, -0.25) is 14.4 Å². The predicted molar refractivity (Wildman–Crippen MR) is 104 cm³/mol. The van der Waals surface area contributed by atoms with Crippen LogP contribution >= 0.6 is 11.8 Å². The van der Waals surface area contributed by atoms with Crippen LogP contribution in [0.5, 0.6) is 0 Å². The van der Waals surface area contributed by atoms with Crippen LogP contribution in [0, 0.1) is 0 Å². The number of carbonyl (C=O) groups excluding carboxylic acids is 4. The minimum Gasteiger partial charge on any atom is -0.454 e. The van der Waals surface area contributed by atoms with Crippen molar-refractivity contribution in [1.82, 2.24) is 10.2 Å². The lowest BCUT2D eigenvalue weighted by Gasteiger charge is -2.29. The van der Waals surface area contributed by atoms with Crippen LogP contribution < -0.4 is 5.32 Å². The first kappa shape index (κ1) is 20.4. The summed E-state index contributed by atoms with van der Waals surface area (Å²) >= 11 is 1.56. The molecule has 1 N–H and O–H groups in total. The van der Waals surface area contributed by atoms with Crippen molar-refractivity contribution < 1.29 is 23.9 Å². The van der Waals surface area contributed by atoms with Crippen LogP contribution in [0.2, 0.25) is 0 Å². The van der Waals surface area contributed by atoms with Crippen LogP contribution in [0.4, 0.5) is 0 Å². The standard InChI is InChI=1S/C20H24N2O5S/c1-13(23)15(10-14-6-4-3-5-7-14)21-17(24)11-27-19(26)16-12-28-20(2)9-8-18(25)22(16)20/h3-7,15-16H,8-12H2,1-2H3,(H,21,24)/t15-,16+,20-/m0/s1. The van der Waals surface area contributed by atoms with E-state index in [1.807, 2.05) is 37.3 Å². The lowest BCUT2D eigenvalue weighted by molar-refractivity contribution is -0.156. The quantitative estimate of drug-likeness (QED) is 0.689. The van der Waals surface area contributed by atoms with E-state index in [2.05, 4.69) is 5.32 Å². The van der Waals surface area contributed by atoms with Crippen molar-refractivity contribution >= 4 is 35.3 Å². The van der Waals surface area contributed by atoms with Gasteiger partial charge in [0, 0.05) is 12.2 Å². The Bertz CT molecular complexity index is 784. The van der Waals surface area contributed by atoms with Gasteiger partial charge in [0.05, 0.1) is 10.9 Å². The van der Waals surface area contributed by atoms with Crippen LogP contribution in [0.1, 0.15) is 32.3 Å². The largest absolute Gasteiger partial charge is 0.454 e. The molecule has 0 aromatic heterocycles. The fourth-order valence-electron chi connectivity index (χ4n) is 3.61. The molecular weight excluding hydrogens is 380 g/mol. The molecule has 2 heterocycles. The number of hydrogen-bond acceptors (Lipinski definition) is 6. The Labute approximate surface area is 168 Å². The van der Waals surface area contributed by atoms with Crippen molar-refractivity contribution in [3.63, 3.8) is 0 Å². The summed E-state index contributed by atoms with van der Waals surface area (Å²) in [4.78, 5) is 49.8. The second-order valence-electron chi connectivity index (χ2n) is 7.29. The monoisotopic (exact) mass is 404 g/mol. The van der Waals surface area contributed by atoms with E-state index < -0.39 is 30.6 Å². The first-order chi connectivity index (χ1) is 13.3. The number of thioether (sulfide) groups is 1. The molecule has 150 valence electrons. The Morgan fingerprint density at radius 3 is 2.71 bits per heavy atom. The number of nitrogens with one attached hydrogen (secondary N) is 1. The van der Waals surface area contributed by atoms with Crippen molar-refractivity contribution in [1.29, 1.82) is 0 Å². The Balaban J connectivity index is 1.52. The lowest BCUT2D eigenvalue weighted by atomic mass is 10.0. The van der Waals surface area contributed by atoms with Gasteiger partial charge >= 0.3 is 5.97 Å². The third-order valence-corrected chi connectivity index (χ3v) is 6.68. The van der Waals surface area contributed by atoms with Crippen molar-refractivity contribution in [2.45, 2.75) is 50.1 Å². The van der Waals surface area contributed by atoms with Gasteiger partial charge in [0.15, 0.2) is 12.4 Å². The van der Waals surface area contributed by atoms with Crippen molar-refractivity contribution in [2.75, 3.05) is 12.4 Å². The fraction of sp³-hybridized carbons (Fsp3) is 0.500. The van der Waals surface area contributed by atoms with Crippen LogP contribution in [0.15, 0.2) is 30.3 Å². The third kappa shape index (κ3) is 4.38. The number of amides is 2. The average molecular weight is 404 g/mol. The molecule has 0 aliphatic carbocycles. The highest BCUT2D eigenvalue weighted by Crippen LogP contribution is 2.47. The number of fused-ring (bicyclic) bond motifs is 1. The molecular formula is C20H24N2O5S. The molecule has 0 unspecified atom stereocenters. The van der Waals surface area contributed by atoms with E-state index >= 15 is 0 Å². The van der Waals surface area contributed by atoms with Gasteiger partial charge in [-0.15, -0.1) is 11.8 Å². The van der Waals surface area contributed by atoms with Crippen molar-refractivity contribution in [2.24, 2.45) is 0 Å². The Morgan fingerprint density at radius 1 is 1.32 bits per heavy atom. The smallest absolute Gasteiger partial charge is 0.330 e. The van der Waals surface area contributed by atoms with E-state index in [0.29, 0.717) is 25.0 Å². The van der Waals surface area contributed by atoms with E-state index in [1.165, 1.54) is 6.92 Å². The summed E-state index contributed by atoms with van der Waals surface area (Å²) in [6.45, 7) is 2.89. The van der Waals surface area contributed by atoms with Crippen LogP contribution in [-0.2, 0) is 30.3 Å². The molecule has 0 bridgehead atoms. The number of nitrogens with zero attached hydrogens (tertiary/aromatic N) is 1. The highest BCUT2D eigenvalue weighted by atomic mass is 32.2. The first-order valence-electron chi connectivity index (χ1n) is 9.26. The van der Waals surface area contributed by atoms with E-state index in [0.717, 1.165) is 5.56 Å². The number of Topliss-reactive ketones (excluding diaryl/α,β-unsaturated/α-hetero) is 1. The average Bonchev–Trinajstić information content (AvgIpc) is 3.16. The summed E-state index contributed by atoms with van der Waals surface area (Å²) in [5.41, 5.74) is 0.926.